The fourth-order valence-electron chi connectivity index (χ4n) is 9.37. The van der Waals surface area contributed by atoms with Crippen molar-refractivity contribution in [3.05, 3.63) is 0 Å². The number of hydrogen-bond acceptors (Lipinski definition) is 4. The highest BCUT2D eigenvalue weighted by molar-refractivity contribution is 5.77. The van der Waals surface area contributed by atoms with Gasteiger partial charge in [0.1, 0.15) is 12.7 Å². The molecule has 0 aromatic heterocycles. The molecule has 5 aliphatic carbocycles. The van der Waals surface area contributed by atoms with Gasteiger partial charge in [0.2, 0.25) is 0 Å². The molecule has 5 saturated carbocycles. The Kier molecular flexibility index (Phi) is 3.80. The van der Waals surface area contributed by atoms with Crippen LogP contribution in [0.4, 0.5) is 0 Å². The molecule has 6 fully saturated rings. The van der Waals surface area contributed by atoms with Crippen molar-refractivity contribution in [1.29, 1.82) is 0 Å². The van der Waals surface area contributed by atoms with Crippen molar-refractivity contribution in [3.63, 3.8) is 0 Å². The Morgan fingerprint density at radius 1 is 0.929 bits per heavy atom. The fourth-order valence-corrected chi connectivity index (χ4v) is 9.37. The topological polar surface area (TPSA) is 52.6 Å². The van der Waals surface area contributed by atoms with Crippen molar-refractivity contribution < 1.29 is 19.1 Å². The summed E-state index contributed by atoms with van der Waals surface area (Å²) < 4.78 is 11.4. The van der Waals surface area contributed by atoms with E-state index < -0.39 is 0 Å². The molecule has 4 heteroatoms. The van der Waals surface area contributed by atoms with Crippen molar-refractivity contribution in [2.45, 2.75) is 59.0 Å². The lowest BCUT2D eigenvalue weighted by Crippen LogP contribution is -2.44. The second kappa shape index (κ2) is 5.98. The minimum absolute atomic E-state index is 0.0174. The highest BCUT2D eigenvalue weighted by Gasteiger charge is 2.69. The predicted molar refractivity (Wildman–Crippen MR) is 103 cm³/mol. The van der Waals surface area contributed by atoms with Crippen LogP contribution in [-0.2, 0) is 19.1 Å². The van der Waals surface area contributed by atoms with E-state index in [1.165, 1.54) is 12.8 Å². The summed E-state index contributed by atoms with van der Waals surface area (Å²) in [4.78, 5) is 25.4. The van der Waals surface area contributed by atoms with Gasteiger partial charge in [-0.2, -0.15) is 0 Å². The number of esters is 2. The van der Waals surface area contributed by atoms with E-state index in [4.69, 9.17) is 9.47 Å². The van der Waals surface area contributed by atoms with Crippen LogP contribution in [0.5, 0.6) is 0 Å². The van der Waals surface area contributed by atoms with Crippen molar-refractivity contribution in [2.24, 2.45) is 71.0 Å². The standard InChI is InChI=1S/C24H34O4/c1-10-11(2)15-7-14(10)21-16-8-17(22(15)21)20(12(16)3)24(26)27-9-18-13-5-4-6-19(13)28-23(18)25/h10-22H,4-9H2,1-3H3/t10?,11?,12?,13-,14?,15?,16?,17?,18+,19-,20?,21?,22?/m1/s1. The van der Waals surface area contributed by atoms with Gasteiger partial charge in [0, 0.05) is 5.92 Å². The Labute approximate surface area is 168 Å². The first-order valence-corrected chi connectivity index (χ1v) is 11.8. The third kappa shape index (κ3) is 2.13. The molecule has 6 aliphatic rings. The van der Waals surface area contributed by atoms with E-state index in [0.717, 1.165) is 54.8 Å². The molecular formula is C24H34O4. The van der Waals surface area contributed by atoms with E-state index in [9.17, 15) is 9.59 Å². The molecule has 0 aromatic carbocycles. The Bertz CT molecular complexity index is 703. The van der Waals surface area contributed by atoms with E-state index in [1.807, 2.05) is 0 Å². The SMILES string of the molecule is CC1C(C)C2CC1C1C3CC(C(C(=O)OC[C@@H]4C(=O)O[C@@H]5CCC[C@H]45)C3C)C21. The van der Waals surface area contributed by atoms with Gasteiger partial charge in [0.15, 0.2) is 0 Å². The summed E-state index contributed by atoms with van der Waals surface area (Å²) in [6.07, 6.45) is 5.85. The van der Waals surface area contributed by atoms with E-state index in [1.54, 1.807) is 0 Å². The van der Waals surface area contributed by atoms with E-state index in [-0.39, 0.29) is 42.4 Å². The zero-order chi connectivity index (χ0) is 19.3. The lowest BCUT2D eigenvalue weighted by atomic mass is 9.59. The average molecular weight is 387 g/mol. The zero-order valence-corrected chi connectivity index (χ0v) is 17.4. The number of carbonyl (C=O) groups excluding carboxylic acids is 2. The Morgan fingerprint density at radius 2 is 1.57 bits per heavy atom. The summed E-state index contributed by atoms with van der Waals surface area (Å²) in [5.74, 6) is 6.65. The number of rotatable bonds is 3. The summed E-state index contributed by atoms with van der Waals surface area (Å²) in [6, 6.07) is 0. The average Bonchev–Trinajstić information content (AvgIpc) is 3.44. The molecule has 0 radical (unpaired) electrons. The molecule has 0 N–H and O–H groups in total. The lowest BCUT2D eigenvalue weighted by molar-refractivity contribution is -0.158. The molecule has 1 heterocycles. The fraction of sp³-hybridized carbons (Fsp3) is 0.917. The highest BCUT2D eigenvalue weighted by Crippen LogP contribution is 2.72. The summed E-state index contributed by atoms with van der Waals surface area (Å²) in [7, 11) is 0. The molecule has 0 amide bonds. The molecule has 0 spiro atoms. The normalized spacial score (nSPS) is 58.1. The molecule has 13 atom stereocenters. The van der Waals surface area contributed by atoms with Gasteiger partial charge >= 0.3 is 11.9 Å². The van der Waals surface area contributed by atoms with E-state index in [2.05, 4.69) is 20.8 Å². The lowest BCUT2D eigenvalue weighted by Gasteiger charge is -2.45. The van der Waals surface area contributed by atoms with Crippen LogP contribution in [0.2, 0.25) is 0 Å². The molecule has 10 unspecified atom stereocenters. The smallest absolute Gasteiger partial charge is 0.313 e. The van der Waals surface area contributed by atoms with Crippen LogP contribution >= 0.6 is 0 Å². The van der Waals surface area contributed by atoms with Crippen molar-refractivity contribution in [2.75, 3.05) is 6.61 Å². The first kappa shape index (κ1) is 17.8. The molecule has 4 bridgehead atoms. The zero-order valence-electron chi connectivity index (χ0n) is 17.4. The summed E-state index contributed by atoms with van der Waals surface area (Å²) in [5.41, 5.74) is 0. The molecule has 4 nitrogen and oxygen atoms in total. The van der Waals surface area contributed by atoms with Gasteiger partial charge in [0.25, 0.3) is 0 Å². The van der Waals surface area contributed by atoms with Crippen LogP contribution < -0.4 is 0 Å². The van der Waals surface area contributed by atoms with Gasteiger partial charge in [-0.15, -0.1) is 0 Å². The maximum atomic E-state index is 13.2. The molecule has 1 aliphatic heterocycles. The number of carbonyl (C=O) groups is 2. The van der Waals surface area contributed by atoms with Crippen molar-refractivity contribution >= 4 is 11.9 Å². The van der Waals surface area contributed by atoms with E-state index >= 15 is 0 Å². The van der Waals surface area contributed by atoms with E-state index in [0.29, 0.717) is 17.8 Å². The Morgan fingerprint density at radius 3 is 2.32 bits per heavy atom. The number of hydrogen-bond donors (Lipinski definition) is 0. The monoisotopic (exact) mass is 386 g/mol. The predicted octanol–water partition coefficient (Wildman–Crippen LogP) is 3.93. The third-order valence-corrected chi connectivity index (χ3v) is 10.7. The highest BCUT2D eigenvalue weighted by atomic mass is 16.6. The van der Waals surface area contributed by atoms with Crippen LogP contribution in [0, 0.1) is 71.0 Å². The van der Waals surface area contributed by atoms with Crippen molar-refractivity contribution in [1.82, 2.24) is 0 Å². The van der Waals surface area contributed by atoms with Crippen LogP contribution in [0.25, 0.3) is 0 Å². The van der Waals surface area contributed by atoms with Gasteiger partial charge in [0.05, 0.1) is 11.8 Å². The molecule has 0 aromatic rings. The second-order valence-electron chi connectivity index (χ2n) is 11.2. The first-order chi connectivity index (χ1) is 13.5. The minimum atomic E-state index is -0.221. The second-order valence-corrected chi connectivity index (χ2v) is 11.2. The van der Waals surface area contributed by atoms with Gasteiger partial charge in [-0.05, 0) is 85.4 Å². The molecule has 1 saturated heterocycles. The van der Waals surface area contributed by atoms with Crippen LogP contribution in [0.15, 0.2) is 0 Å². The summed E-state index contributed by atoms with van der Waals surface area (Å²) >= 11 is 0. The van der Waals surface area contributed by atoms with Gasteiger partial charge in [-0.3, -0.25) is 9.59 Å². The van der Waals surface area contributed by atoms with Crippen molar-refractivity contribution in [3.8, 4) is 0 Å². The maximum Gasteiger partial charge on any atom is 0.313 e. The van der Waals surface area contributed by atoms with Gasteiger partial charge in [-0.25, -0.2) is 0 Å². The van der Waals surface area contributed by atoms with Crippen LogP contribution in [0.3, 0.4) is 0 Å². The number of ether oxygens (including phenoxy) is 2. The molecular weight excluding hydrogens is 352 g/mol. The van der Waals surface area contributed by atoms with Gasteiger partial charge < -0.3 is 9.47 Å². The summed E-state index contributed by atoms with van der Waals surface area (Å²) in [5, 5.41) is 0. The first-order valence-electron chi connectivity index (χ1n) is 11.8. The summed E-state index contributed by atoms with van der Waals surface area (Å²) in [6.45, 7) is 7.44. The Hall–Kier alpha value is -1.06. The third-order valence-electron chi connectivity index (χ3n) is 10.7. The molecule has 28 heavy (non-hydrogen) atoms. The minimum Gasteiger partial charge on any atom is -0.465 e. The van der Waals surface area contributed by atoms with Crippen LogP contribution in [0.1, 0.15) is 52.9 Å². The quantitative estimate of drug-likeness (QED) is 0.545. The van der Waals surface area contributed by atoms with Crippen LogP contribution in [-0.4, -0.2) is 24.6 Å². The maximum absolute atomic E-state index is 13.2. The van der Waals surface area contributed by atoms with Gasteiger partial charge in [-0.1, -0.05) is 20.8 Å². The largest absolute Gasteiger partial charge is 0.465 e. The number of fused-ring (bicyclic) bond motifs is 10. The molecule has 154 valence electrons. The Balaban J connectivity index is 1.16. The molecule has 6 rings (SSSR count).